The number of carbonyl (C=O) groups is 6. The number of hydrogen-bond donors (Lipinski definition) is 6. The van der Waals surface area contributed by atoms with Gasteiger partial charge in [-0.3, -0.25) is 0 Å². The van der Waals surface area contributed by atoms with Crippen LogP contribution in [-0.2, 0) is 0 Å². The fraction of sp³-hybridized carbons (Fsp3) is 0.0833. The summed E-state index contributed by atoms with van der Waals surface area (Å²) in [7, 11) is 2.53. The van der Waals surface area contributed by atoms with Crippen molar-refractivity contribution in [3.8, 4) is 11.5 Å². The summed E-state index contributed by atoms with van der Waals surface area (Å²) >= 11 is 0. The lowest BCUT2D eigenvalue weighted by atomic mass is 10.1. The van der Waals surface area contributed by atoms with Crippen molar-refractivity contribution in [1.82, 2.24) is 9.97 Å². The maximum atomic E-state index is 10.8. The van der Waals surface area contributed by atoms with Gasteiger partial charge in [0, 0.05) is 6.07 Å². The van der Waals surface area contributed by atoms with Crippen molar-refractivity contribution >= 4 is 35.8 Å². The van der Waals surface area contributed by atoms with E-state index in [1.165, 1.54) is 38.5 Å². The molecule has 1 aromatic heterocycles. The summed E-state index contributed by atoms with van der Waals surface area (Å²) < 4.78 is 9.59. The van der Waals surface area contributed by atoms with E-state index in [0.717, 1.165) is 24.5 Å². The van der Waals surface area contributed by atoms with E-state index >= 15 is 0 Å². The van der Waals surface area contributed by atoms with Crippen LogP contribution in [0.2, 0.25) is 0 Å². The fourth-order valence-corrected chi connectivity index (χ4v) is 2.58. The molecule has 0 unspecified atom stereocenters. The number of aromatic carboxylic acids is 6. The third kappa shape index (κ3) is 9.11. The second kappa shape index (κ2) is 14.6. The van der Waals surface area contributed by atoms with Crippen LogP contribution in [0.25, 0.3) is 0 Å². The minimum Gasteiger partial charge on any atom is -0.496 e. The van der Waals surface area contributed by atoms with Crippen molar-refractivity contribution in [1.29, 1.82) is 0 Å². The standard InChI is InChI=1S/C10H10O6.C8H6O4.C6H4N2O4/c1-15-7-3-6(10(13)14)8(16-2)4-5(7)9(11)12;9-7(10)5-1-2-6(4-3-5)8(11)12;9-5(10)3-1-4(6(11)12)8-2-7-3/h3-4H,1-2H3,(H,11,12)(H,13,14);1-4H,(H,9,10)(H,11,12);1-2H,(H,9,10)(H,11,12). The lowest BCUT2D eigenvalue weighted by Crippen LogP contribution is -2.06. The van der Waals surface area contributed by atoms with Gasteiger partial charge in [0.2, 0.25) is 0 Å². The van der Waals surface area contributed by atoms with Gasteiger partial charge in [-0.2, -0.15) is 0 Å². The largest absolute Gasteiger partial charge is 0.496 e. The van der Waals surface area contributed by atoms with Crippen molar-refractivity contribution in [3.63, 3.8) is 0 Å². The minimum absolute atomic E-state index is 0.0225. The first-order valence-electron chi connectivity index (χ1n) is 10.3. The highest BCUT2D eigenvalue weighted by Crippen LogP contribution is 2.28. The smallest absolute Gasteiger partial charge is 0.354 e. The molecule has 1 heterocycles. The van der Waals surface area contributed by atoms with Gasteiger partial charge in [0.1, 0.15) is 29.0 Å². The van der Waals surface area contributed by atoms with Crippen LogP contribution in [0.15, 0.2) is 48.8 Å². The van der Waals surface area contributed by atoms with Gasteiger partial charge in [-0.05, 0) is 36.4 Å². The number of ether oxygens (including phenoxy) is 2. The van der Waals surface area contributed by atoms with Gasteiger partial charge in [-0.25, -0.2) is 38.7 Å². The molecule has 0 aliphatic carbocycles. The summed E-state index contributed by atoms with van der Waals surface area (Å²) in [5.74, 6) is -7.16. The summed E-state index contributed by atoms with van der Waals surface area (Å²) in [5.41, 5.74) is -0.793. The fourth-order valence-electron chi connectivity index (χ4n) is 2.58. The Hall–Kier alpha value is -6.06. The van der Waals surface area contributed by atoms with Crippen molar-refractivity contribution in [2.75, 3.05) is 14.2 Å². The Morgan fingerprint density at radius 2 is 0.850 bits per heavy atom. The Morgan fingerprint density at radius 1 is 0.525 bits per heavy atom. The van der Waals surface area contributed by atoms with Crippen molar-refractivity contribution < 1.29 is 68.9 Å². The molecule has 3 aromatic rings. The number of aromatic nitrogens is 2. The molecule has 16 heteroatoms. The third-order valence-corrected chi connectivity index (χ3v) is 4.47. The topological polar surface area (TPSA) is 268 Å². The molecule has 2 aromatic carbocycles. The van der Waals surface area contributed by atoms with Gasteiger partial charge in [0.25, 0.3) is 0 Å². The molecule has 16 nitrogen and oxygen atoms in total. The van der Waals surface area contributed by atoms with Gasteiger partial charge in [0.05, 0.1) is 25.3 Å². The quantitative estimate of drug-likeness (QED) is 0.230. The summed E-state index contributed by atoms with van der Waals surface area (Å²) in [6.07, 6.45) is 0.896. The van der Waals surface area contributed by atoms with Crippen LogP contribution < -0.4 is 9.47 Å². The number of carboxylic acids is 6. The van der Waals surface area contributed by atoms with Crippen molar-refractivity contribution in [2.45, 2.75) is 0 Å². The molecular weight excluding hydrogens is 540 g/mol. The Kier molecular flexibility index (Phi) is 11.7. The van der Waals surface area contributed by atoms with Crippen LogP contribution >= 0.6 is 0 Å². The third-order valence-electron chi connectivity index (χ3n) is 4.47. The van der Waals surface area contributed by atoms with Crippen LogP contribution in [0.4, 0.5) is 0 Å². The first-order valence-corrected chi connectivity index (χ1v) is 10.3. The number of rotatable bonds is 8. The van der Waals surface area contributed by atoms with Crippen LogP contribution in [0, 0.1) is 0 Å². The molecule has 210 valence electrons. The van der Waals surface area contributed by atoms with Crippen LogP contribution in [0.3, 0.4) is 0 Å². The second-order valence-corrected chi connectivity index (χ2v) is 6.95. The predicted octanol–water partition coefficient (Wildman–Crippen LogP) is 2.06. The Labute approximate surface area is 223 Å². The van der Waals surface area contributed by atoms with E-state index in [0.29, 0.717) is 0 Å². The average Bonchev–Trinajstić information content (AvgIpc) is 2.92. The molecule has 6 N–H and O–H groups in total. The predicted molar refractivity (Wildman–Crippen MR) is 130 cm³/mol. The van der Waals surface area contributed by atoms with E-state index in [1.807, 2.05) is 0 Å². The van der Waals surface area contributed by atoms with Crippen LogP contribution in [0.1, 0.15) is 62.4 Å². The first-order chi connectivity index (χ1) is 18.7. The number of nitrogens with zero attached hydrogens (tertiary/aromatic N) is 2. The molecular formula is C24H20N2O14. The van der Waals surface area contributed by atoms with Gasteiger partial charge < -0.3 is 40.1 Å². The van der Waals surface area contributed by atoms with Gasteiger partial charge in [-0.1, -0.05) is 0 Å². The van der Waals surface area contributed by atoms with Crippen LogP contribution in [0.5, 0.6) is 11.5 Å². The minimum atomic E-state index is -1.28. The summed E-state index contributed by atoms with van der Waals surface area (Å²) in [5, 5.41) is 51.5. The van der Waals surface area contributed by atoms with Gasteiger partial charge in [0.15, 0.2) is 11.4 Å². The van der Waals surface area contributed by atoms with E-state index < -0.39 is 35.8 Å². The zero-order valence-electron chi connectivity index (χ0n) is 20.5. The summed E-state index contributed by atoms with van der Waals surface area (Å²) in [6.45, 7) is 0. The number of benzene rings is 2. The lowest BCUT2D eigenvalue weighted by molar-refractivity contribution is 0.0673. The molecule has 0 saturated heterocycles. The maximum absolute atomic E-state index is 10.8. The van der Waals surface area contributed by atoms with E-state index in [2.05, 4.69) is 9.97 Å². The average molecular weight is 560 g/mol. The highest BCUT2D eigenvalue weighted by molar-refractivity contribution is 5.97. The molecule has 3 rings (SSSR count). The Balaban J connectivity index is 0.000000305. The molecule has 0 fully saturated rings. The Bertz CT molecular complexity index is 1330. The monoisotopic (exact) mass is 560 g/mol. The highest BCUT2D eigenvalue weighted by atomic mass is 16.5. The molecule has 0 spiro atoms. The molecule has 0 aliphatic heterocycles. The highest BCUT2D eigenvalue weighted by Gasteiger charge is 2.19. The van der Waals surface area contributed by atoms with E-state index in [4.69, 9.17) is 40.1 Å². The maximum Gasteiger partial charge on any atom is 0.354 e. The van der Waals surface area contributed by atoms with Gasteiger partial charge in [-0.15, -0.1) is 0 Å². The van der Waals surface area contributed by atoms with Crippen molar-refractivity contribution in [2.24, 2.45) is 0 Å². The first kappa shape index (κ1) is 32.0. The molecule has 0 aliphatic rings. The Morgan fingerprint density at radius 3 is 1.07 bits per heavy atom. The summed E-state index contributed by atoms with van der Waals surface area (Å²) in [6, 6.07) is 8.15. The zero-order chi connectivity index (χ0) is 30.6. The van der Waals surface area contributed by atoms with E-state index in [9.17, 15) is 28.8 Å². The SMILES string of the molecule is COc1cc(C(=O)O)c(OC)cc1C(=O)O.O=C(O)c1cc(C(=O)O)ncn1.O=C(O)c1ccc(C(=O)O)cc1. The number of carboxylic acid groups (broad SMARTS) is 6. The molecule has 40 heavy (non-hydrogen) atoms. The van der Waals surface area contributed by atoms with E-state index in [-0.39, 0.29) is 45.1 Å². The molecule has 0 saturated carbocycles. The molecule has 0 radical (unpaired) electrons. The number of methoxy groups -OCH3 is 2. The van der Waals surface area contributed by atoms with Crippen molar-refractivity contribution in [3.05, 3.63) is 82.4 Å². The molecule has 0 amide bonds. The van der Waals surface area contributed by atoms with E-state index in [1.54, 1.807) is 0 Å². The normalized spacial score (nSPS) is 9.45. The lowest BCUT2D eigenvalue weighted by Gasteiger charge is -2.10. The van der Waals surface area contributed by atoms with Gasteiger partial charge >= 0.3 is 35.8 Å². The molecule has 0 bridgehead atoms. The van der Waals surface area contributed by atoms with Crippen LogP contribution in [-0.4, -0.2) is 90.6 Å². The molecule has 0 atom stereocenters. The number of hydrogen-bond acceptors (Lipinski definition) is 10. The zero-order valence-corrected chi connectivity index (χ0v) is 20.5. The summed E-state index contributed by atoms with van der Waals surface area (Å²) in [4.78, 5) is 69.6. The second-order valence-electron chi connectivity index (χ2n) is 6.95.